The fourth-order valence-corrected chi connectivity index (χ4v) is 4.06. The molecule has 0 saturated carbocycles. The summed E-state index contributed by atoms with van der Waals surface area (Å²) in [5.74, 6) is 0.0901. The molecule has 2 aliphatic heterocycles. The minimum absolute atomic E-state index is 0.0101. The first-order valence-electron chi connectivity index (χ1n) is 10.1. The van der Waals surface area contributed by atoms with Gasteiger partial charge in [-0.25, -0.2) is 0 Å². The summed E-state index contributed by atoms with van der Waals surface area (Å²) in [4.78, 5) is 31.0. The SMILES string of the molecule is CC(=O)N1C[C@@H](N)CC[C@@H](C(=O)N2CCN(CCc3ccccc3)CC2)C1. The van der Waals surface area contributed by atoms with Gasteiger partial charge in [0.2, 0.25) is 11.8 Å². The number of likely N-dealkylation sites (tertiary alicyclic amines) is 1. The molecule has 6 nitrogen and oxygen atoms in total. The van der Waals surface area contributed by atoms with Gasteiger partial charge in [0.15, 0.2) is 0 Å². The van der Waals surface area contributed by atoms with E-state index in [1.807, 2.05) is 11.0 Å². The molecule has 1 aromatic carbocycles. The van der Waals surface area contributed by atoms with Gasteiger partial charge in [-0.3, -0.25) is 14.5 Å². The Kier molecular flexibility index (Phi) is 6.85. The summed E-state index contributed by atoms with van der Waals surface area (Å²) >= 11 is 0. The number of nitrogens with zero attached hydrogens (tertiary/aromatic N) is 3. The Morgan fingerprint density at radius 1 is 1.00 bits per heavy atom. The number of carbonyl (C=O) groups excluding carboxylic acids is 2. The fourth-order valence-electron chi connectivity index (χ4n) is 4.06. The maximum Gasteiger partial charge on any atom is 0.227 e. The van der Waals surface area contributed by atoms with Gasteiger partial charge in [0.25, 0.3) is 0 Å². The lowest BCUT2D eigenvalue weighted by Gasteiger charge is -2.37. The highest BCUT2D eigenvalue weighted by atomic mass is 16.2. The van der Waals surface area contributed by atoms with Gasteiger partial charge in [-0.2, -0.15) is 0 Å². The summed E-state index contributed by atoms with van der Waals surface area (Å²) in [6, 6.07) is 10.5. The Morgan fingerprint density at radius 3 is 2.37 bits per heavy atom. The smallest absolute Gasteiger partial charge is 0.227 e. The molecule has 6 heteroatoms. The van der Waals surface area contributed by atoms with Gasteiger partial charge in [-0.05, 0) is 24.8 Å². The number of hydrogen-bond donors (Lipinski definition) is 1. The zero-order valence-electron chi connectivity index (χ0n) is 16.3. The largest absolute Gasteiger partial charge is 0.341 e. The predicted octanol–water partition coefficient (Wildman–Crippen LogP) is 0.959. The molecule has 2 atom stereocenters. The Bertz CT molecular complexity index is 628. The van der Waals surface area contributed by atoms with Crippen LogP contribution in [0.2, 0.25) is 0 Å². The maximum atomic E-state index is 13.0. The van der Waals surface area contributed by atoms with E-state index in [0.29, 0.717) is 13.1 Å². The van der Waals surface area contributed by atoms with Gasteiger partial charge in [0.05, 0.1) is 5.92 Å². The van der Waals surface area contributed by atoms with Crippen LogP contribution < -0.4 is 5.73 Å². The highest BCUT2D eigenvalue weighted by Crippen LogP contribution is 2.20. The molecule has 0 aromatic heterocycles. The molecule has 0 spiro atoms. The minimum Gasteiger partial charge on any atom is -0.341 e. The van der Waals surface area contributed by atoms with Crippen molar-refractivity contribution in [2.75, 3.05) is 45.8 Å². The molecular weight excluding hydrogens is 340 g/mol. The van der Waals surface area contributed by atoms with Gasteiger partial charge in [-0.1, -0.05) is 30.3 Å². The molecule has 2 saturated heterocycles. The van der Waals surface area contributed by atoms with Crippen LogP contribution in [0.5, 0.6) is 0 Å². The Morgan fingerprint density at radius 2 is 1.70 bits per heavy atom. The number of benzene rings is 1. The van der Waals surface area contributed by atoms with Crippen LogP contribution in [0.25, 0.3) is 0 Å². The first kappa shape index (κ1) is 19.8. The first-order chi connectivity index (χ1) is 13.0. The van der Waals surface area contributed by atoms with Crippen molar-refractivity contribution in [3.05, 3.63) is 35.9 Å². The normalized spacial score (nSPS) is 24.5. The molecule has 2 N–H and O–H groups in total. The van der Waals surface area contributed by atoms with Crippen molar-refractivity contribution < 1.29 is 9.59 Å². The van der Waals surface area contributed by atoms with Crippen LogP contribution in [0.15, 0.2) is 30.3 Å². The third-order valence-electron chi connectivity index (χ3n) is 5.82. The molecule has 0 unspecified atom stereocenters. The number of amides is 2. The molecule has 2 heterocycles. The van der Waals surface area contributed by atoms with Gasteiger partial charge >= 0.3 is 0 Å². The van der Waals surface area contributed by atoms with Crippen molar-refractivity contribution >= 4 is 11.8 Å². The first-order valence-corrected chi connectivity index (χ1v) is 10.1. The van der Waals surface area contributed by atoms with E-state index in [1.54, 1.807) is 11.8 Å². The van der Waals surface area contributed by atoms with E-state index < -0.39 is 0 Å². The standard InChI is InChI=1S/C21H32N4O2/c1-17(26)25-15-19(7-8-20(22)16-25)21(27)24-13-11-23(12-14-24)10-9-18-5-3-2-4-6-18/h2-6,19-20H,7-16,22H2,1H3/t19-,20+/m1/s1. The summed E-state index contributed by atoms with van der Waals surface area (Å²) in [6.45, 7) is 7.05. The Labute approximate surface area is 162 Å². The topological polar surface area (TPSA) is 69.9 Å². The number of rotatable bonds is 4. The molecule has 2 amide bonds. The molecule has 148 valence electrons. The van der Waals surface area contributed by atoms with Crippen LogP contribution in [0, 0.1) is 5.92 Å². The molecule has 2 aliphatic rings. The van der Waals surface area contributed by atoms with Crippen LogP contribution in [-0.4, -0.2) is 78.4 Å². The predicted molar refractivity (Wildman–Crippen MR) is 106 cm³/mol. The van der Waals surface area contributed by atoms with Crippen molar-refractivity contribution in [2.45, 2.75) is 32.2 Å². The van der Waals surface area contributed by atoms with Gasteiger partial charge in [-0.15, -0.1) is 0 Å². The lowest BCUT2D eigenvalue weighted by Crippen LogP contribution is -2.52. The Hall–Kier alpha value is -1.92. The van der Waals surface area contributed by atoms with Crippen LogP contribution in [0.3, 0.4) is 0 Å². The van der Waals surface area contributed by atoms with Gasteiger partial charge < -0.3 is 15.5 Å². The van der Waals surface area contributed by atoms with Gasteiger partial charge in [0.1, 0.15) is 0 Å². The molecule has 0 radical (unpaired) electrons. The molecular formula is C21H32N4O2. The number of piperazine rings is 1. The highest BCUT2D eigenvalue weighted by Gasteiger charge is 2.32. The van der Waals surface area contributed by atoms with Crippen molar-refractivity contribution in [2.24, 2.45) is 11.7 Å². The third kappa shape index (κ3) is 5.53. The number of nitrogens with two attached hydrogens (primary N) is 1. The zero-order chi connectivity index (χ0) is 19.2. The van der Waals surface area contributed by atoms with Crippen LogP contribution in [0.1, 0.15) is 25.3 Å². The third-order valence-corrected chi connectivity index (χ3v) is 5.82. The maximum absolute atomic E-state index is 13.0. The van der Waals surface area contributed by atoms with E-state index in [1.165, 1.54) is 5.56 Å². The van der Waals surface area contributed by atoms with E-state index in [4.69, 9.17) is 5.73 Å². The molecule has 0 aliphatic carbocycles. The van der Waals surface area contributed by atoms with Crippen molar-refractivity contribution in [1.82, 2.24) is 14.7 Å². The molecule has 3 rings (SSSR count). The molecule has 2 fully saturated rings. The molecule has 27 heavy (non-hydrogen) atoms. The minimum atomic E-state index is -0.113. The second-order valence-corrected chi connectivity index (χ2v) is 7.86. The van der Waals surface area contributed by atoms with E-state index in [-0.39, 0.29) is 23.8 Å². The summed E-state index contributed by atoms with van der Waals surface area (Å²) in [7, 11) is 0. The van der Waals surface area contributed by atoms with E-state index in [0.717, 1.165) is 52.0 Å². The van der Waals surface area contributed by atoms with E-state index in [2.05, 4.69) is 29.2 Å². The van der Waals surface area contributed by atoms with Crippen molar-refractivity contribution in [3.8, 4) is 0 Å². The fraction of sp³-hybridized carbons (Fsp3) is 0.619. The quantitative estimate of drug-likeness (QED) is 0.855. The zero-order valence-corrected chi connectivity index (χ0v) is 16.3. The second kappa shape index (κ2) is 9.33. The average Bonchev–Trinajstić information content (AvgIpc) is 2.89. The van der Waals surface area contributed by atoms with Crippen LogP contribution >= 0.6 is 0 Å². The van der Waals surface area contributed by atoms with E-state index >= 15 is 0 Å². The molecule has 1 aromatic rings. The van der Waals surface area contributed by atoms with Crippen molar-refractivity contribution in [3.63, 3.8) is 0 Å². The van der Waals surface area contributed by atoms with Crippen LogP contribution in [-0.2, 0) is 16.0 Å². The van der Waals surface area contributed by atoms with Crippen LogP contribution in [0.4, 0.5) is 0 Å². The summed E-state index contributed by atoms with van der Waals surface area (Å²) in [6.07, 6.45) is 2.62. The number of hydrogen-bond acceptors (Lipinski definition) is 4. The van der Waals surface area contributed by atoms with E-state index in [9.17, 15) is 9.59 Å². The van der Waals surface area contributed by atoms with Gasteiger partial charge in [0, 0.05) is 58.8 Å². The molecule has 0 bridgehead atoms. The van der Waals surface area contributed by atoms with Crippen molar-refractivity contribution in [1.29, 1.82) is 0 Å². The lowest BCUT2D eigenvalue weighted by atomic mass is 10.00. The second-order valence-electron chi connectivity index (χ2n) is 7.86. The summed E-state index contributed by atoms with van der Waals surface area (Å²) < 4.78 is 0. The average molecular weight is 373 g/mol. The summed E-state index contributed by atoms with van der Waals surface area (Å²) in [5.41, 5.74) is 7.43. The number of carbonyl (C=O) groups is 2. The highest BCUT2D eigenvalue weighted by molar-refractivity contribution is 5.80. The monoisotopic (exact) mass is 372 g/mol. The summed E-state index contributed by atoms with van der Waals surface area (Å²) in [5, 5.41) is 0. The lowest BCUT2D eigenvalue weighted by molar-refractivity contribution is -0.139. The Balaban J connectivity index is 1.48.